The van der Waals surface area contributed by atoms with Crippen LogP contribution >= 0.6 is 15.6 Å². The van der Waals surface area contributed by atoms with Crippen molar-refractivity contribution in [2.24, 2.45) is 11.8 Å². The summed E-state index contributed by atoms with van der Waals surface area (Å²) in [5, 5.41) is 10.7. The Morgan fingerprint density at radius 3 is 0.630 bits per heavy atom. The molecular weight excluding hydrogens is 1400 g/mol. The molecule has 0 saturated carbocycles. The molecule has 0 amide bonds. The van der Waals surface area contributed by atoms with Crippen LogP contribution in [0.25, 0.3) is 0 Å². The Bertz CT molecular complexity index is 2060. The summed E-state index contributed by atoms with van der Waals surface area (Å²) in [6, 6.07) is 0. The Morgan fingerprint density at radius 1 is 0.250 bits per heavy atom. The Labute approximate surface area is 664 Å². The zero-order valence-electron chi connectivity index (χ0n) is 71.2. The van der Waals surface area contributed by atoms with E-state index in [-0.39, 0.29) is 25.7 Å². The fourth-order valence-corrected chi connectivity index (χ4v) is 15.5. The van der Waals surface area contributed by atoms with Gasteiger partial charge in [-0.25, -0.2) is 9.13 Å². The number of rotatable bonds is 88. The van der Waals surface area contributed by atoms with Gasteiger partial charge < -0.3 is 33.8 Å². The molecule has 0 aliphatic heterocycles. The average molecular weight is 1580 g/mol. The molecule has 19 heteroatoms. The van der Waals surface area contributed by atoms with Gasteiger partial charge in [-0.05, 0) is 37.5 Å². The van der Waals surface area contributed by atoms with Crippen molar-refractivity contribution in [2.75, 3.05) is 39.6 Å². The summed E-state index contributed by atoms with van der Waals surface area (Å²) in [5.74, 6) is -0.482. The number of phosphoric acid groups is 2. The van der Waals surface area contributed by atoms with Crippen LogP contribution in [-0.2, 0) is 65.4 Å². The first-order chi connectivity index (χ1) is 52.4. The van der Waals surface area contributed by atoms with Crippen LogP contribution in [0.15, 0.2) is 0 Å². The predicted molar refractivity (Wildman–Crippen MR) is 446 cm³/mol. The third-order valence-corrected chi connectivity index (χ3v) is 22.9. The molecule has 0 aromatic carbocycles. The summed E-state index contributed by atoms with van der Waals surface area (Å²) in [6.45, 7) is 9.75. The first kappa shape index (κ1) is 106. The number of phosphoric ester groups is 2. The van der Waals surface area contributed by atoms with E-state index in [1.54, 1.807) is 0 Å². The van der Waals surface area contributed by atoms with E-state index in [1.807, 2.05) is 0 Å². The molecule has 17 nitrogen and oxygen atoms in total. The highest BCUT2D eigenvalue weighted by atomic mass is 31.2. The third-order valence-electron chi connectivity index (χ3n) is 21.0. The van der Waals surface area contributed by atoms with Crippen molar-refractivity contribution in [3.05, 3.63) is 0 Å². The van der Waals surface area contributed by atoms with E-state index >= 15 is 0 Å². The maximum Gasteiger partial charge on any atom is 0.472 e. The molecule has 5 atom stereocenters. The summed E-state index contributed by atoms with van der Waals surface area (Å²) >= 11 is 0. The fourth-order valence-electron chi connectivity index (χ4n) is 14.0. The van der Waals surface area contributed by atoms with Gasteiger partial charge in [-0.2, -0.15) is 0 Å². The normalized spacial score (nSPS) is 13.8. The number of aliphatic hydroxyl groups excluding tert-OH is 1. The van der Waals surface area contributed by atoms with Crippen molar-refractivity contribution in [1.29, 1.82) is 0 Å². The molecule has 2 unspecified atom stereocenters. The van der Waals surface area contributed by atoms with Gasteiger partial charge in [0, 0.05) is 25.7 Å². The lowest BCUT2D eigenvalue weighted by molar-refractivity contribution is -0.161. The van der Waals surface area contributed by atoms with Gasteiger partial charge in [-0.1, -0.05) is 427 Å². The fraction of sp³-hybridized carbons (Fsp3) is 0.955. The standard InChI is InChI=1S/C89H174O17P2/c1-7-9-11-13-15-17-19-20-21-22-23-24-25-32-37-43-49-55-61-67-73-88(93)106-85(78-100-87(92)72-66-60-54-48-42-36-31-27-26-29-34-40-45-51-57-63-69-81(3)4)80-104-108(97,98)102-76-83(90)75-101-107(95,96)103-79-84(77-99-86(91)71-65-59-53-47-39-18-16-14-12-10-8-2)105-89(94)74-68-62-56-50-44-38-33-28-30-35-41-46-52-58-64-70-82(5)6/h81-85,90H,7-80H2,1-6H3,(H,95,96)(H,97,98)/t83-,84+,85+/m0/s1. The van der Waals surface area contributed by atoms with Gasteiger partial charge in [0.2, 0.25) is 0 Å². The van der Waals surface area contributed by atoms with Crippen LogP contribution in [0.4, 0.5) is 0 Å². The molecule has 0 bridgehead atoms. The van der Waals surface area contributed by atoms with E-state index in [4.69, 9.17) is 37.0 Å². The van der Waals surface area contributed by atoms with Crippen molar-refractivity contribution in [2.45, 2.75) is 496 Å². The smallest absolute Gasteiger partial charge is 0.462 e. The predicted octanol–water partition coefficient (Wildman–Crippen LogP) is 27.4. The minimum atomic E-state index is -4.97. The minimum Gasteiger partial charge on any atom is -0.462 e. The average Bonchev–Trinajstić information content (AvgIpc) is 0.895. The Balaban J connectivity index is 5.24. The highest BCUT2D eigenvalue weighted by molar-refractivity contribution is 7.47. The van der Waals surface area contributed by atoms with Crippen LogP contribution in [0.2, 0.25) is 0 Å². The molecule has 0 spiro atoms. The van der Waals surface area contributed by atoms with Crippen molar-refractivity contribution >= 4 is 39.5 Å². The molecular formula is C89H174O17P2. The van der Waals surface area contributed by atoms with Crippen LogP contribution in [0, 0.1) is 11.8 Å². The maximum atomic E-state index is 13.2. The largest absolute Gasteiger partial charge is 0.472 e. The molecule has 0 aromatic rings. The van der Waals surface area contributed by atoms with Crippen molar-refractivity contribution in [1.82, 2.24) is 0 Å². The molecule has 108 heavy (non-hydrogen) atoms. The number of ether oxygens (including phenoxy) is 4. The molecule has 0 rings (SSSR count). The minimum absolute atomic E-state index is 0.108. The second-order valence-corrected chi connectivity index (χ2v) is 35.8. The number of hydrogen-bond acceptors (Lipinski definition) is 15. The zero-order valence-corrected chi connectivity index (χ0v) is 73.0. The quantitative estimate of drug-likeness (QED) is 0.0222. The zero-order chi connectivity index (χ0) is 79.2. The van der Waals surface area contributed by atoms with Crippen molar-refractivity contribution in [3.63, 3.8) is 0 Å². The first-order valence-electron chi connectivity index (χ1n) is 46.0. The lowest BCUT2D eigenvalue weighted by atomic mass is 10.0. The van der Waals surface area contributed by atoms with Gasteiger partial charge in [-0.15, -0.1) is 0 Å². The van der Waals surface area contributed by atoms with Crippen molar-refractivity contribution in [3.8, 4) is 0 Å². The number of esters is 4. The van der Waals surface area contributed by atoms with E-state index in [9.17, 15) is 43.2 Å². The maximum absolute atomic E-state index is 13.2. The summed E-state index contributed by atoms with van der Waals surface area (Å²) in [5.41, 5.74) is 0. The van der Waals surface area contributed by atoms with Crippen LogP contribution in [0.3, 0.4) is 0 Å². The Kier molecular flexibility index (Phi) is 78.8. The first-order valence-corrected chi connectivity index (χ1v) is 49.0. The number of carbonyl (C=O) groups is 4. The van der Waals surface area contributed by atoms with Gasteiger partial charge in [-0.3, -0.25) is 37.3 Å². The van der Waals surface area contributed by atoms with Crippen LogP contribution in [0.5, 0.6) is 0 Å². The summed E-state index contributed by atoms with van der Waals surface area (Å²) in [4.78, 5) is 73.3. The highest BCUT2D eigenvalue weighted by Crippen LogP contribution is 2.45. The van der Waals surface area contributed by atoms with E-state index < -0.39 is 97.5 Å². The number of unbranched alkanes of at least 4 members (excludes halogenated alkanes) is 58. The lowest BCUT2D eigenvalue weighted by Crippen LogP contribution is -2.30. The molecule has 3 N–H and O–H groups in total. The Hall–Kier alpha value is -1.94. The Morgan fingerprint density at radius 2 is 0.426 bits per heavy atom. The van der Waals surface area contributed by atoms with E-state index in [1.165, 1.54) is 295 Å². The van der Waals surface area contributed by atoms with Crippen LogP contribution < -0.4 is 0 Å². The molecule has 0 fully saturated rings. The van der Waals surface area contributed by atoms with Gasteiger partial charge >= 0.3 is 39.5 Å². The summed E-state index contributed by atoms with van der Waals surface area (Å²) < 4.78 is 69.0. The summed E-state index contributed by atoms with van der Waals surface area (Å²) in [7, 11) is -9.93. The van der Waals surface area contributed by atoms with Crippen LogP contribution in [-0.4, -0.2) is 96.7 Å². The topological polar surface area (TPSA) is 237 Å². The molecule has 0 aromatic heterocycles. The van der Waals surface area contributed by atoms with Gasteiger partial charge in [0.15, 0.2) is 12.2 Å². The number of carbonyl (C=O) groups excluding carboxylic acids is 4. The van der Waals surface area contributed by atoms with Gasteiger partial charge in [0.05, 0.1) is 26.4 Å². The second kappa shape index (κ2) is 80.3. The van der Waals surface area contributed by atoms with E-state index in [0.717, 1.165) is 102 Å². The SMILES string of the molecule is CCCCCCCCCCCCCCCCCCCCCCC(=O)O[C@H](COC(=O)CCCCCCCCCCCCCCCCCCC(C)C)COP(=O)(O)OC[C@@H](O)COP(=O)(O)OC[C@@H](COC(=O)CCCCCCCCCCCCC)OC(=O)CCCCCCCCCCCCCCCCCC(C)C. The second-order valence-electron chi connectivity index (χ2n) is 32.9. The van der Waals surface area contributed by atoms with Gasteiger partial charge in [0.1, 0.15) is 19.3 Å². The number of hydrogen-bond donors (Lipinski definition) is 3. The third kappa shape index (κ3) is 82.1. The van der Waals surface area contributed by atoms with E-state index in [0.29, 0.717) is 25.7 Å². The molecule has 0 aliphatic carbocycles. The lowest BCUT2D eigenvalue weighted by Gasteiger charge is -2.21. The molecule has 642 valence electrons. The monoisotopic (exact) mass is 1580 g/mol. The van der Waals surface area contributed by atoms with Gasteiger partial charge in [0.25, 0.3) is 0 Å². The molecule has 0 aliphatic rings. The van der Waals surface area contributed by atoms with Crippen molar-refractivity contribution < 1.29 is 80.2 Å². The summed E-state index contributed by atoms with van der Waals surface area (Å²) in [6.07, 6.45) is 73.6. The molecule has 0 radical (unpaired) electrons. The van der Waals surface area contributed by atoms with E-state index in [2.05, 4.69) is 41.5 Å². The highest BCUT2D eigenvalue weighted by Gasteiger charge is 2.31. The van der Waals surface area contributed by atoms with Crippen LogP contribution in [0.1, 0.15) is 478 Å². The molecule has 0 heterocycles. The molecule has 0 saturated heterocycles. The number of aliphatic hydroxyl groups is 1.